The molecule has 86 heavy (non-hydrogen) atoms. The molecule has 0 aromatic heterocycles. The fraction of sp³-hybridized carbons (Fsp3) is 0.716. The summed E-state index contributed by atoms with van der Waals surface area (Å²) in [6.07, 6.45) is 36.3. The van der Waals surface area contributed by atoms with Crippen LogP contribution in [0.25, 0.3) is 0 Å². The van der Waals surface area contributed by atoms with E-state index in [1.54, 1.807) is 6.08 Å². The van der Waals surface area contributed by atoms with Gasteiger partial charge in [0.25, 0.3) is 0 Å². The Morgan fingerprint density at radius 1 is 0.430 bits per heavy atom. The molecule has 0 spiro atoms. The van der Waals surface area contributed by atoms with Crippen LogP contribution in [-0.4, -0.2) is 193 Å². The minimum atomic E-state index is -1.99. The van der Waals surface area contributed by atoms with Gasteiger partial charge in [-0.15, -0.1) is 0 Å². The van der Waals surface area contributed by atoms with Gasteiger partial charge in [0.15, 0.2) is 18.9 Å². The van der Waals surface area contributed by atoms with E-state index in [2.05, 4.69) is 116 Å². The largest absolute Gasteiger partial charge is 0.394 e. The van der Waals surface area contributed by atoms with Crippen molar-refractivity contribution in [3.05, 3.63) is 109 Å². The predicted molar refractivity (Wildman–Crippen MR) is 332 cm³/mol. The molecule has 3 rings (SSSR count). The molecular weight excluding hydrogens is 1110 g/mol. The summed E-state index contributed by atoms with van der Waals surface area (Å²) >= 11 is 0. The minimum Gasteiger partial charge on any atom is -0.394 e. The van der Waals surface area contributed by atoms with Crippen molar-refractivity contribution in [1.29, 1.82) is 0 Å². The van der Waals surface area contributed by atoms with E-state index in [4.69, 9.17) is 28.4 Å². The number of hydrogen-bond donors (Lipinski definition) is 12. The lowest BCUT2D eigenvalue weighted by Crippen LogP contribution is -2.66. The van der Waals surface area contributed by atoms with Gasteiger partial charge < -0.3 is 89.9 Å². The Hall–Kier alpha value is -3.55. The van der Waals surface area contributed by atoms with Crippen LogP contribution >= 0.6 is 0 Å². The number of rotatable bonds is 46. The molecular formula is C67H111NO18. The van der Waals surface area contributed by atoms with Gasteiger partial charge in [0, 0.05) is 6.42 Å². The van der Waals surface area contributed by atoms with Crippen LogP contribution in [0.5, 0.6) is 0 Å². The van der Waals surface area contributed by atoms with Crippen LogP contribution in [0.15, 0.2) is 109 Å². The van der Waals surface area contributed by atoms with Crippen molar-refractivity contribution in [1.82, 2.24) is 5.32 Å². The minimum absolute atomic E-state index is 0.180. The molecule has 3 aliphatic rings. The van der Waals surface area contributed by atoms with Crippen molar-refractivity contribution >= 4 is 5.91 Å². The van der Waals surface area contributed by atoms with Gasteiger partial charge in [-0.3, -0.25) is 4.79 Å². The van der Waals surface area contributed by atoms with Gasteiger partial charge in [0.2, 0.25) is 5.91 Å². The van der Waals surface area contributed by atoms with Crippen LogP contribution in [0.4, 0.5) is 0 Å². The second-order valence-electron chi connectivity index (χ2n) is 22.5. The Morgan fingerprint density at radius 3 is 1.26 bits per heavy atom. The Kier molecular flexibility index (Phi) is 43.1. The van der Waals surface area contributed by atoms with Crippen LogP contribution in [0.1, 0.15) is 174 Å². The third-order valence-electron chi connectivity index (χ3n) is 15.3. The molecule has 19 nitrogen and oxygen atoms in total. The highest BCUT2D eigenvalue weighted by Crippen LogP contribution is 2.33. The molecule has 3 fully saturated rings. The van der Waals surface area contributed by atoms with Gasteiger partial charge in [0.05, 0.1) is 38.6 Å². The van der Waals surface area contributed by atoms with Gasteiger partial charge in [-0.1, -0.05) is 194 Å². The van der Waals surface area contributed by atoms with Crippen LogP contribution in [0.3, 0.4) is 0 Å². The molecule has 19 heteroatoms. The Morgan fingerprint density at radius 2 is 0.802 bits per heavy atom. The number of unbranched alkanes of at least 4 members (excludes halogenated alkanes) is 14. The molecule has 0 radical (unpaired) electrons. The number of carbonyl (C=O) groups is 1. The molecule has 0 saturated carbocycles. The SMILES string of the molecule is CC/C=C\C/C=C\C/C=C\C/C=C\C/C=C\C/C=C\C/C=C\C/C=C\CCCCC(=O)NC(COC1OC(CO)C(OC2OC(CO)C(OC3OC(CO)C(O)C(O)C3O)C(O)C2O)C(O)C1O)C(O)/C=C/CCCCCCCCCCCCCC. The Bertz CT molecular complexity index is 1990. The summed E-state index contributed by atoms with van der Waals surface area (Å²) in [5.41, 5.74) is 0. The number of aliphatic hydroxyl groups excluding tert-OH is 11. The van der Waals surface area contributed by atoms with E-state index in [1.807, 2.05) is 6.08 Å². The average Bonchev–Trinajstić information content (AvgIpc) is 1.96. The first-order valence-electron chi connectivity index (χ1n) is 32.1. The maximum atomic E-state index is 13.3. The highest BCUT2D eigenvalue weighted by Gasteiger charge is 2.53. The fourth-order valence-corrected chi connectivity index (χ4v) is 10.1. The van der Waals surface area contributed by atoms with Crippen molar-refractivity contribution in [2.75, 3.05) is 26.4 Å². The molecule has 3 heterocycles. The van der Waals surface area contributed by atoms with Gasteiger partial charge in [-0.25, -0.2) is 0 Å². The highest BCUT2D eigenvalue weighted by atomic mass is 16.8. The zero-order valence-corrected chi connectivity index (χ0v) is 51.5. The lowest BCUT2D eigenvalue weighted by Gasteiger charge is -2.48. The van der Waals surface area contributed by atoms with Crippen LogP contribution < -0.4 is 5.32 Å². The molecule has 3 aliphatic heterocycles. The van der Waals surface area contributed by atoms with E-state index in [1.165, 1.54) is 57.8 Å². The predicted octanol–water partition coefficient (Wildman–Crippen LogP) is 7.10. The summed E-state index contributed by atoms with van der Waals surface area (Å²) in [7, 11) is 0. The molecule has 0 aliphatic carbocycles. The number of amides is 1. The summed E-state index contributed by atoms with van der Waals surface area (Å²) < 4.78 is 34.2. The van der Waals surface area contributed by atoms with E-state index in [0.717, 1.165) is 89.9 Å². The number of allylic oxidation sites excluding steroid dienone is 17. The average molecular weight is 1220 g/mol. The second kappa shape index (κ2) is 48.3. The highest BCUT2D eigenvalue weighted by molar-refractivity contribution is 5.76. The molecule has 17 atom stereocenters. The fourth-order valence-electron chi connectivity index (χ4n) is 10.1. The number of aliphatic hydroxyl groups is 11. The van der Waals surface area contributed by atoms with E-state index in [9.17, 15) is 61.0 Å². The quantitative estimate of drug-likeness (QED) is 0.0214. The van der Waals surface area contributed by atoms with Gasteiger partial charge in [-0.2, -0.15) is 0 Å². The van der Waals surface area contributed by atoms with Gasteiger partial charge in [0.1, 0.15) is 73.2 Å². The first kappa shape index (κ1) is 76.7. The Labute approximate surface area is 513 Å². The Balaban J connectivity index is 1.48. The van der Waals surface area contributed by atoms with Crippen LogP contribution in [0, 0.1) is 0 Å². The topological polar surface area (TPSA) is 307 Å². The van der Waals surface area contributed by atoms with E-state index in [-0.39, 0.29) is 18.9 Å². The molecule has 0 bridgehead atoms. The van der Waals surface area contributed by atoms with Crippen molar-refractivity contribution in [2.24, 2.45) is 0 Å². The first-order valence-corrected chi connectivity index (χ1v) is 32.1. The number of ether oxygens (including phenoxy) is 6. The standard InChI is InChI=1S/C67H111NO18/c1-3-5-7-9-11-13-15-17-19-20-21-22-23-24-25-26-27-28-29-30-31-33-35-37-39-41-43-45-55(73)68-50(51(72)44-42-40-38-36-34-32-18-16-14-12-10-8-6-4-2)49-81-65-61(79)58(76)63(53(47-70)83-65)86-67-62(80)59(77)64(54(48-71)84-67)85-66-60(78)57(75)56(74)52(46-69)82-66/h5,7,11,13,17,19,21-22,24-25,27-28,30-31,35,37,42,44,50-54,56-67,69-72,74-80H,3-4,6,8-10,12,14-16,18,20,23,26,29,32-34,36,38-41,43,45-49H2,1-2H3,(H,68,73)/b7-5-,13-11-,19-17-,22-21-,25-24-,28-27-,31-30-,37-35-,44-42+. The van der Waals surface area contributed by atoms with Crippen molar-refractivity contribution in [3.8, 4) is 0 Å². The van der Waals surface area contributed by atoms with Crippen molar-refractivity contribution < 1.29 is 89.4 Å². The second-order valence-corrected chi connectivity index (χ2v) is 22.5. The summed E-state index contributed by atoms with van der Waals surface area (Å²) in [6.45, 7) is 1.55. The monoisotopic (exact) mass is 1220 g/mol. The van der Waals surface area contributed by atoms with Crippen LogP contribution in [-0.2, 0) is 33.2 Å². The zero-order valence-electron chi connectivity index (χ0n) is 51.5. The van der Waals surface area contributed by atoms with E-state index < -0.39 is 124 Å². The summed E-state index contributed by atoms with van der Waals surface area (Å²) in [5, 5.41) is 120. The smallest absolute Gasteiger partial charge is 0.220 e. The maximum Gasteiger partial charge on any atom is 0.220 e. The van der Waals surface area contributed by atoms with Crippen molar-refractivity contribution in [3.63, 3.8) is 0 Å². The van der Waals surface area contributed by atoms with Crippen LogP contribution in [0.2, 0.25) is 0 Å². The number of hydrogen-bond acceptors (Lipinski definition) is 18. The number of carbonyl (C=O) groups excluding carboxylic acids is 1. The molecule has 0 aromatic carbocycles. The lowest BCUT2D eigenvalue weighted by molar-refractivity contribution is -0.379. The summed E-state index contributed by atoms with van der Waals surface area (Å²) in [5.74, 6) is -0.324. The molecule has 12 N–H and O–H groups in total. The molecule has 1 amide bonds. The first-order chi connectivity index (χ1) is 41.8. The van der Waals surface area contributed by atoms with E-state index in [0.29, 0.717) is 6.42 Å². The summed E-state index contributed by atoms with van der Waals surface area (Å²) in [6, 6.07) is -1.00. The third-order valence-corrected chi connectivity index (χ3v) is 15.3. The molecule has 0 aromatic rings. The van der Waals surface area contributed by atoms with Gasteiger partial charge >= 0.3 is 0 Å². The molecule has 492 valence electrons. The molecule has 3 saturated heterocycles. The van der Waals surface area contributed by atoms with Crippen molar-refractivity contribution in [2.45, 2.75) is 279 Å². The third kappa shape index (κ3) is 30.8. The van der Waals surface area contributed by atoms with E-state index >= 15 is 0 Å². The number of nitrogens with one attached hydrogen (secondary N) is 1. The zero-order chi connectivity index (χ0) is 62.6. The normalized spacial score (nSPS) is 29.5. The maximum absolute atomic E-state index is 13.3. The summed E-state index contributed by atoms with van der Waals surface area (Å²) in [4.78, 5) is 13.3. The lowest BCUT2D eigenvalue weighted by atomic mass is 9.96. The molecule has 17 unspecified atom stereocenters. The van der Waals surface area contributed by atoms with Gasteiger partial charge in [-0.05, 0) is 83.5 Å².